The van der Waals surface area contributed by atoms with Gasteiger partial charge < -0.3 is 0 Å². The van der Waals surface area contributed by atoms with Crippen LogP contribution in [0.5, 0.6) is 0 Å². The van der Waals surface area contributed by atoms with Gasteiger partial charge in [-0.25, -0.2) is 0 Å². The Kier molecular flexibility index (Phi) is 5.89. The standard InChI is InChI=1S/C11H7Cl4F3N2O/c1-5-2-6(12)3-7(13)9(5)19-20-11(14,15)8(21)4-10(16,17)18/h2-3H,4H2,1H3/b20-19+. The molecule has 0 heterocycles. The highest BCUT2D eigenvalue weighted by Crippen LogP contribution is 2.36. The normalized spacial score (nSPS) is 13.0. The first kappa shape index (κ1) is 18.5. The number of nitrogens with zero attached hydrogens (tertiary/aromatic N) is 2. The molecule has 0 saturated carbocycles. The Morgan fingerprint density at radius 2 is 1.81 bits per heavy atom. The Morgan fingerprint density at radius 1 is 1.24 bits per heavy atom. The van der Waals surface area contributed by atoms with Crippen molar-refractivity contribution in [2.45, 2.75) is 24.0 Å². The monoisotopic (exact) mass is 380 g/mol. The number of carbonyl (C=O) groups is 1. The topological polar surface area (TPSA) is 41.8 Å². The number of azo groups is 1. The highest BCUT2D eigenvalue weighted by molar-refractivity contribution is 6.58. The zero-order valence-electron chi connectivity index (χ0n) is 10.3. The van der Waals surface area contributed by atoms with Gasteiger partial charge in [0.25, 0.3) is 4.46 Å². The van der Waals surface area contributed by atoms with Crippen LogP contribution in [0, 0.1) is 6.92 Å². The predicted molar refractivity (Wildman–Crippen MR) is 75.8 cm³/mol. The molecule has 21 heavy (non-hydrogen) atoms. The van der Waals surface area contributed by atoms with Gasteiger partial charge in [-0.3, -0.25) is 4.79 Å². The summed E-state index contributed by atoms with van der Waals surface area (Å²) >= 11 is 22.5. The molecule has 0 aromatic heterocycles. The van der Waals surface area contributed by atoms with Crippen LogP contribution in [0.1, 0.15) is 12.0 Å². The van der Waals surface area contributed by atoms with Gasteiger partial charge in [0.2, 0.25) is 5.78 Å². The van der Waals surface area contributed by atoms with Crippen molar-refractivity contribution < 1.29 is 18.0 Å². The van der Waals surface area contributed by atoms with Crippen LogP contribution >= 0.6 is 46.4 Å². The van der Waals surface area contributed by atoms with E-state index >= 15 is 0 Å². The first-order chi connectivity index (χ1) is 9.42. The molecule has 0 spiro atoms. The van der Waals surface area contributed by atoms with Crippen LogP contribution in [0.2, 0.25) is 10.0 Å². The first-order valence-corrected chi connectivity index (χ1v) is 6.80. The van der Waals surface area contributed by atoms with Crippen molar-refractivity contribution in [2.24, 2.45) is 10.2 Å². The van der Waals surface area contributed by atoms with Crippen molar-refractivity contribution in [2.75, 3.05) is 0 Å². The lowest BCUT2D eigenvalue weighted by Crippen LogP contribution is -2.28. The van der Waals surface area contributed by atoms with E-state index in [1.54, 1.807) is 6.92 Å². The van der Waals surface area contributed by atoms with E-state index in [4.69, 9.17) is 46.4 Å². The average Bonchev–Trinajstić information content (AvgIpc) is 2.24. The lowest BCUT2D eigenvalue weighted by molar-refractivity contribution is -0.152. The number of rotatable bonds is 4. The Morgan fingerprint density at radius 3 is 2.29 bits per heavy atom. The third kappa shape index (κ3) is 5.62. The lowest BCUT2D eigenvalue weighted by Gasteiger charge is -2.13. The average molecular weight is 382 g/mol. The molecule has 0 saturated heterocycles. The molecule has 0 aliphatic heterocycles. The Hall–Kier alpha value is -0.560. The SMILES string of the molecule is Cc1cc(Cl)cc(Cl)c1/N=N/C(Cl)(Cl)C(=O)CC(F)(F)F. The number of halogens is 7. The third-order valence-electron chi connectivity index (χ3n) is 2.19. The minimum atomic E-state index is -4.74. The zero-order chi connectivity index (χ0) is 16.4. The summed E-state index contributed by atoms with van der Waals surface area (Å²) < 4.78 is 33.7. The van der Waals surface area contributed by atoms with E-state index in [1.807, 2.05) is 0 Å². The summed E-state index contributed by atoms with van der Waals surface area (Å²) in [6, 6.07) is 2.86. The highest BCUT2D eigenvalue weighted by atomic mass is 35.5. The van der Waals surface area contributed by atoms with Gasteiger partial charge in [-0.1, -0.05) is 46.4 Å². The molecule has 0 aliphatic rings. The van der Waals surface area contributed by atoms with E-state index in [0.29, 0.717) is 10.6 Å². The van der Waals surface area contributed by atoms with E-state index in [9.17, 15) is 18.0 Å². The summed E-state index contributed by atoms with van der Waals surface area (Å²) in [6.07, 6.45) is -6.55. The summed E-state index contributed by atoms with van der Waals surface area (Å²) in [5.41, 5.74) is 0.593. The van der Waals surface area contributed by atoms with Crippen LogP contribution in [0.15, 0.2) is 22.4 Å². The minimum Gasteiger partial charge on any atom is -0.294 e. The molecular formula is C11H7Cl4F3N2O. The fourth-order valence-electron chi connectivity index (χ4n) is 1.28. The van der Waals surface area contributed by atoms with E-state index in [-0.39, 0.29) is 10.7 Å². The predicted octanol–water partition coefficient (Wildman–Crippen LogP) is 6.04. The van der Waals surface area contributed by atoms with Gasteiger partial charge in [-0.05, 0) is 24.6 Å². The maximum atomic E-state index is 12.1. The van der Waals surface area contributed by atoms with Crippen LogP contribution in [0.4, 0.5) is 18.9 Å². The molecule has 0 atom stereocenters. The van der Waals surface area contributed by atoms with E-state index in [2.05, 4.69) is 10.2 Å². The maximum absolute atomic E-state index is 12.1. The highest BCUT2D eigenvalue weighted by Gasteiger charge is 2.42. The first-order valence-electron chi connectivity index (χ1n) is 5.29. The molecule has 0 aliphatic carbocycles. The number of alkyl halides is 5. The fourth-order valence-corrected chi connectivity index (χ4v) is 2.12. The molecule has 3 nitrogen and oxygen atoms in total. The largest absolute Gasteiger partial charge is 0.396 e. The van der Waals surface area contributed by atoms with Crippen LogP contribution < -0.4 is 0 Å². The van der Waals surface area contributed by atoms with Gasteiger partial charge in [0.1, 0.15) is 12.1 Å². The molecule has 0 amide bonds. The fraction of sp³-hybridized carbons (Fsp3) is 0.364. The molecule has 0 radical (unpaired) electrons. The number of hydrogen-bond acceptors (Lipinski definition) is 3. The van der Waals surface area contributed by atoms with Crippen molar-refractivity contribution >= 4 is 57.9 Å². The van der Waals surface area contributed by atoms with E-state index in [0.717, 1.165) is 0 Å². The molecular weight excluding hydrogens is 375 g/mol. The van der Waals surface area contributed by atoms with Crippen molar-refractivity contribution in [1.82, 2.24) is 0 Å². The number of Topliss-reactive ketones (excluding diaryl/α,β-unsaturated/α-hetero) is 1. The molecule has 0 N–H and O–H groups in total. The summed E-state index contributed by atoms with van der Waals surface area (Å²) in [4.78, 5) is 11.3. The number of ketones is 1. The van der Waals surface area contributed by atoms with Gasteiger partial charge >= 0.3 is 6.18 Å². The molecule has 116 valence electrons. The molecule has 1 rings (SSSR count). The van der Waals surface area contributed by atoms with Crippen molar-refractivity contribution in [1.29, 1.82) is 0 Å². The van der Waals surface area contributed by atoms with Crippen LogP contribution in [0.3, 0.4) is 0 Å². The summed E-state index contributed by atoms with van der Waals surface area (Å²) in [7, 11) is 0. The summed E-state index contributed by atoms with van der Waals surface area (Å²) in [6.45, 7) is 1.59. The zero-order valence-corrected chi connectivity index (χ0v) is 13.3. The van der Waals surface area contributed by atoms with Crippen LogP contribution in [0.25, 0.3) is 0 Å². The molecule has 1 aromatic carbocycles. The molecule has 0 fully saturated rings. The van der Waals surface area contributed by atoms with Gasteiger partial charge in [0, 0.05) is 5.02 Å². The Bertz CT molecular complexity index is 564. The van der Waals surface area contributed by atoms with Gasteiger partial charge in [-0.15, -0.1) is 5.11 Å². The number of aryl methyl sites for hydroxylation is 1. The second-order valence-corrected chi connectivity index (χ2v) is 6.14. The second kappa shape index (κ2) is 6.69. The molecule has 10 heteroatoms. The van der Waals surface area contributed by atoms with Gasteiger partial charge in [0.05, 0.1) is 5.02 Å². The number of hydrogen-bond donors (Lipinski definition) is 0. The number of carbonyl (C=O) groups excluding carboxylic acids is 1. The third-order valence-corrected chi connectivity index (χ3v) is 3.27. The van der Waals surface area contributed by atoms with Crippen LogP contribution in [-0.4, -0.2) is 16.4 Å². The van der Waals surface area contributed by atoms with E-state index in [1.165, 1.54) is 12.1 Å². The summed E-state index contributed by atoms with van der Waals surface area (Å²) in [5, 5.41) is 7.23. The molecule has 0 unspecified atom stereocenters. The summed E-state index contributed by atoms with van der Waals surface area (Å²) in [5.74, 6) is -1.54. The molecule has 1 aromatic rings. The Labute approximate surface area is 138 Å². The van der Waals surface area contributed by atoms with Gasteiger partial charge in [0.15, 0.2) is 0 Å². The van der Waals surface area contributed by atoms with Crippen molar-refractivity contribution in [3.63, 3.8) is 0 Å². The van der Waals surface area contributed by atoms with Crippen molar-refractivity contribution in [3.8, 4) is 0 Å². The quantitative estimate of drug-likeness (QED) is 0.356. The van der Waals surface area contributed by atoms with E-state index < -0.39 is 22.8 Å². The minimum absolute atomic E-state index is 0.0937. The Balaban J connectivity index is 3.01. The maximum Gasteiger partial charge on any atom is 0.396 e. The van der Waals surface area contributed by atoms with Crippen molar-refractivity contribution in [3.05, 3.63) is 27.7 Å². The smallest absolute Gasteiger partial charge is 0.294 e. The van der Waals surface area contributed by atoms with Crippen LogP contribution in [-0.2, 0) is 4.79 Å². The number of benzene rings is 1. The second-order valence-electron chi connectivity index (χ2n) is 4.01. The lowest BCUT2D eigenvalue weighted by atomic mass is 10.2. The molecule has 0 bridgehead atoms. The van der Waals surface area contributed by atoms with Gasteiger partial charge in [-0.2, -0.15) is 18.3 Å².